The van der Waals surface area contributed by atoms with E-state index in [2.05, 4.69) is 25.6 Å². The SMILES string of the molecule is CC(=O)Nc1cc(Nc2cc(-c3cnccn3)nc([C@@H]3CC[C@H](C)N(C(C)=O)C3)n2)cc(C(F)F)c1. The largest absolute Gasteiger partial charge is 0.340 e. The highest BCUT2D eigenvalue weighted by Gasteiger charge is 2.30. The fraction of sp³-hybridized carbons (Fsp3) is 0.360. The summed E-state index contributed by atoms with van der Waals surface area (Å²) in [6.07, 6.45) is 3.56. The van der Waals surface area contributed by atoms with E-state index in [1.165, 1.54) is 19.1 Å². The summed E-state index contributed by atoms with van der Waals surface area (Å²) in [7, 11) is 0. The van der Waals surface area contributed by atoms with Crippen molar-refractivity contribution in [3.63, 3.8) is 0 Å². The number of hydrogen-bond acceptors (Lipinski definition) is 7. The third-order valence-electron chi connectivity index (χ3n) is 6.02. The van der Waals surface area contributed by atoms with Gasteiger partial charge in [0.15, 0.2) is 0 Å². The van der Waals surface area contributed by atoms with Crippen molar-refractivity contribution in [3.05, 3.63) is 54.2 Å². The van der Waals surface area contributed by atoms with Crippen molar-refractivity contribution in [1.82, 2.24) is 24.8 Å². The standard InChI is InChI=1S/C25H27F2N7O2/c1-14-4-5-17(13-34(14)16(3)36)25-32-21(22-12-28-6-7-29-22)11-23(33-25)31-20-9-18(24(26)27)8-19(10-20)30-15(2)35/h6-12,14,17,24H,4-5,13H2,1-3H3,(H,30,35)(H,31,32,33)/t14-,17+/m0/s1. The third-order valence-corrected chi connectivity index (χ3v) is 6.02. The summed E-state index contributed by atoms with van der Waals surface area (Å²) in [5.41, 5.74) is 1.36. The predicted octanol–water partition coefficient (Wildman–Crippen LogP) is 4.69. The molecule has 1 fully saturated rings. The zero-order chi connectivity index (χ0) is 25.8. The number of alkyl halides is 2. The molecule has 4 rings (SSSR count). The molecular formula is C25H27F2N7O2. The van der Waals surface area contributed by atoms with Crippen LogP contribution in [0.1, 0.15) is 57.3 Å². The summed E-state index contributed by atoms with van der Waals surface area (Å²) >= 11 is 0. The molecule has 3 heterocycles. The van der Waals surface area contributed by atoms with Gasteiger partial charge in [0.2, 0.25) is 11.8 Å². The number of amides is 2. The van der Waals surface area contributed by atoms with E-state index in [0.29, 0.717) is 35.3 Å². The first-order valence-corrected chi connectivity index (χ1v) is 11.6. The van der Waals surface area contributed by atoms with Crippen molar-refractivity contribution in [2.45, 2.75) is 52.0 Å². The van der Waals surface area contributed by atoms with E-state index in [4.69, 9.17) is 4.98 Å². The van der Waals surface area contributed by atoms with Gasteiger partial charge in [-0.1, -0.05) is 0 Å². The van der Waals surface area contributed by atoms with Crippen LogP contribution in [-0.2, 0) is 9.59 Å². The molecule has 1 aromatic carbocycles. The quantitative estimate of drug-likeness (QED) is 0.510. The molecule has 1 saturated heterocycles. The molecule has 0 spiro atoms. The number of carbonyl (C=O) groups excluding carboxylic acids is 2. The highest BCUT2D eigenvalue weighted by Crippen LogP contribution is 2.32. The summed E-state index contributed by atoms with van der Waals surface area (Å²) < 4.78 is 27.0. The summed E-state index contributed by atoms with van der Waals surface area (Å²) in [5, 5.41) is 5.63. The molecule has 11 heteroatoms. The molecule has 9 nitrogen and oxygen atoms in total. The molecular weight excluding hydrogens is 468 g/mol. The van der Waals surface area contributed by atoms with Crippen molar-refractivity contribution < 1.29 is 18.4 Å². The monoisotopic (exact) mass is 495 g/mol. The Labute approximate surface area is 207 Å². The van der Waals surface area contributed by atoms with Crippen LogP contribution in [0.2, 0.25) is 0 Å². The van der Waals surface area contributed by atoms with Crippen molar-refractivity contribution in [1.29, 1.82) is 0 Å². The molecule has 0 unspecified atom stereocenters. The Morgan fingerprint density at radius 3 is 2.47 bits per heavy atom. The number of rotatable bonds is 6. The number of anilines is 3. The van der Waals surface area contributed by atoms with Crippen molar-refractivity contribution in [2.24, 2.45) is 0 Å². The molecule has 36 heavy (non-hydrogen) atoms. The van der Waals surface area contributed by atoms with Gasteiger partial charge in [-0.15, -0.1) is 0 Å². The van der Waals surface area contributed by atoms with E-state index >= 15 is 0 Å². The van der Waals surface area contributed by atoms with E-state index in [-0.39, 0.29) is 35.0 Å². The highest BCUT2D eigenvalue weighted by atomic mass is 19.3. The molecule has 2 atom stereocenters. The lowest BCUT2D eigenvalue weighted by atomic mass is 9.92. The van der Waals surface area contributed by atoms with Gasteiger partial charge in [-0.2, -0.15) is 0 Å². The Kier molecular flexibility index (Phi) is 7.47. The molecule has 188 valence electrons. The average molecular weight is 496 g/mol. The smallest absolute Gasteiger partial charge is 0.263 e. The average Bonchev–Trinajstić information content (AvgIpc) is 2.84. The zero-order valence-corrected chi connectivity index (χ0v) is 20.2. The molecule has 0 saturated carbocycles. The van der Waals surface area contributed by atoms with Gasteiger partial charge < -0.3 is 15.5 Å². The Balaban J connectivity index is 1.73. The van der Waals surface area contributed by atoms with Gasteiger partial charge in [0, 0.05) is 67.8 Å². The van der Waals surface area contributed by atoms with Gasteiger partial charge in [0.25, 0.3) is 6.43 Å². The fourth-order valence-electron chi connectivity index (χ4n) is 4.30. The number of nitrogens with zero attached hydrogens (tertiary/aromatic N) is 5. The second kappa shape index (κ2) is 10.7. The molecule has 0 aliphatic carbocycles. The van der Waals surface area contributed by atoms with Crippen LogP contribution in [-0.4, -0.2) is 49.2 Å². The second-order valence-corrected chi connectivity index (χ2v) is 8.83. The topological polar surface area (TPSA) is 113 Å². The molecule has 2 amide bonds. The highest BCUT2D eigenvalue weighted by molar-refractivity contribution is 5.89. The number of hydrogen-bond donors (Lipinski definition) is 2. The van der Waals surface area contributed by atoms with Crippen LogP contribution in [0.25, 0.3) is 11.4 Å². The van der Waals surface area contributed by atoms with Crippen LogP contribution in [0.5, 0.6) is 0 Å². The van der Waals surface area contributed by atoms with Gasteiger partial charge in [-0.3, -0.25) is 19.6 Å². The van der Waals surface area contributed by atoms with Gasteiger partial charge in [-0.05, 0) is 38.0 Å². The summed E-state index contributed by atoms with van der Waals surface area (Å²) in [6, 6.07) is 5.88. The van der Waals surface area contributed by atoms with E-state index in [9.17, 15) is 18.4 Å². The molecule has 2 aromatic heterocycles. The van der Waals surface area contributed by atoms with Gasteiger partial charge >= 0.3 is 0 Å². The maximum atomic E-state index is 13.5. The van der Waals surface area contributed by atoms with Crippen LogP contribution in [0, 0.1) is 0 Å². The van der Waals surface area contributed by atoms with Gasteiger partial charge in [-0.25, -0.2) is 18.7 Å². The maximum absolute atomic E-state index is 13.5. The minimum Gasteiger partial charge on any atom is -0.340 e. The van der Waals surface area contributed by atoms with Crippen LogP contribution in [0.3, 0.4) is 0 Å². The van der Waals surface area contributed by atoms with Gasteiger partial charge in [0.1, 0.15) is 17.3 Å². The number of benzene rings is 1. The van der Waals surface area contributed by atoms with E-state index in [1.807, 2.05) is 11.8 Å². The minimum atomic E-state index is -2.72. The lowest BCUT2D eigenvalue weighted by Gasteiger charge is -2.37. The van der Waals surface area contributed by atoms with E-state index in [0.717, 1.165) is 12.8 Å². The van der Waals surface area contributed by atoms with Crippen molar-refractivity contribution >= 4 is 29.0 Å². The van der Waals surface area contributed by atoms with E-state index in [1.54, 1.807) is 37.6 Å². The Bertz CT molecular complexity index is 1260. The normalized spacial score (nSPS) is 17.7. The van der Waals surface area contributed by atoms with Crippen LogP contribution in [0.4, 0.5) is 26.0 Å². The first-order chi connectivity index (χ1) is 17.2. The lowest BCUT2D eigenvalue weighted by molar-refractivity contribution is -0.132. The summed E-state index contributed by atoms with van der Waals surface area (Å²) in [5.74, 6) is 0.400. The fourth-order valence-corrected chi connectivity index (χ4v) is 4.30. The predicted molar refractivity (Wildman–Crippen MR) is 131 cm³/mol. The summed E-state index contributed by atoms with van der Waals surface area (Å²) in [6.45, 7) is 5.35. The molecule has 3 aromatic rings. The van der Waals surface area contributed by atoms with E-state index < -0.39 is 6.43 Å². The molecule has 2 N–H and O–H groups in total. The van der Waals surface area contributed by atoms with Crippen LogP contribution >= 0.6 is 0 Å². The van der Waals surface area contributed by atoms with Crippen molar-refractivity contribution in [2.75, 3.05) is 17.2 Å². The molecule has 0 bridgehead atoms. The minimum absolute atomic E-state index is 0.00931. The number of halogens is 2. The first kappa shape index (κ1) is 25.1. The van der Waals surface area contributed by atoms with Gasteiger partial charge in [0.05, 0.1) is 11.9 Å². The lowest BCUT2D eigenvalue weighted by Crippen LogP contribution is -2.44. The Morgan fingerprint density at radius 1 is 1.03 bits per heavy atom. The number of likely N-dealkylation sites (tertiary alicyclic amines) is 1. The maximum Gasteiger partial charge on any atom is 0.263 e. The molecule has 1 aliphatic heterocycles. The Morgan fingerprint density at radius 2 is 1.81 bits per heavy atom. The Hall–Kier alpha value is -4.02. The second-order valence-electron chi connectivity index (χ2n) is 8.83. The number of aromatic nitrogens is 4. The molecule has 1 aliphatic rings. The number of carbonyl (C=O) groups is 2. The molecule has 0 radical (unpaired) electrons. The summed E-state index contributed by atoms with van der Waals surface area (Å²) in [4.78, 5) is 43.3. The number of nitrogens with one attached hydrogen (secondary N) is 2. The zero-order valence-electron chi connectivity index (χ0n) is 20.2. The van der Waals surface area contributed by atoms with Crippen molar-refractivity contribution in [3.8, 4) is 11.4 Å². The third kappa shape index (κ3) is 5.96. The van der Waals surface area contributed by atoms with Crippen LogP contribution in [0.15, 0.2) is 42.9 Å². The van der Waals surface area contributed by atoms with Crippen LogP contribution < -0.4 is 10.6 Å². The first-order valence-electron chi connectivity index (χ1n) is 11.6. The number of piperidine rings is 1.